The number of amides is 1. The van der Waals surface area contributed by atoms with Crippen LogP contribution in [0.4, 0.5) is 0 Å². The number of halogens is 1. The molecule has 0 aliphatic carbocycles. The first-order chi connectivity index (χ1) is 18.0. The van der Waals surface area contributed by atoms with Crippen molar-refractivity contribution in [2.24, 2.45) is 5.73 Å². The summed E-state index contributed by atoms with van der Waals surface area (Å²) >= 11 is 5.99. The van der Waals surface area contributed by atoms with Crippen LogP contribution >= 0.6 is 11.6 Å². The van der Waals surface area contributed by atoms with Gasteiger partial charge >= 0.3 is 0 Å². The number of nitrogens with two attached hydrogens (primary N) is 1. The lowest BCUT2D eigenvalue weighted by atomic mass is 10.1. The highest BCUT2D eigenvalue weighted by Crippen LogP contribution is 2.30. The zero-order valence-electron chi connectivity index (χ0n) is 21.3. The number of aromatic nitrogens is 1. The molecule has 0 bridgehead atoms. The number of carbonyl (C=O) groups excluding carboxylic acids is 2. The summed E-state index contributed by atoms with van der Waals surface area (Å²) in [6.45, 7) is 5.43. The van der Waals surface area contributed by atoms with Gasteiger partial charge < -0.3 is 30.0 Å². The summed E-state index contributed by atoms with van der Waals surface area (Å²) in [5.41, 5.74) is 8.01. The van der Waals surface area contributed by atoms with Gasteiger partial charge in [0.2, 0.25) is 5.91 Å². The van der Waals surface area contributed by atoms with Gasteiger partial charge in [0.25, 0.3) is 5.91 Å². The summed E-state index contributed by atoms with van der Waals surface area (Å²) in [6.07, 6.45) is 0.113. The predicted octanol–water partition coefficient (Wildman–Crippen LogP) is 2.97. The predicted molar refractivity (Wildman–Crippen MR) is 143 cm³/mol. The first-order valence-corrected chi connectivity index (χ1v) is 12.5. The van der Waals surface area contributed by atoms with E-state index >= 15 is 0 Å². The number of hydrogen-bond acceptors (Lipinski definition) is 7. The molecule has 0 saturated heterocycles. The second kappa shape index (κ2) is 14.7. The molecule has 1 heterocycles. The number of nitrogens with zero attached hydrogens (tertiary/aromatic N) is 1. The normalized spacial score (nSPS) is 11.1. The molecule has 0 fully saturated rings. The van der Waals surface area contributed by atoms with Crippen LogP contribution in [0, 0.1) is 6.92 Å². The van der Waals surface area contributed by atoms with Crippen LogP contribution in [0.15, 0.2) is 42.5 Å². The van der Waals surface area contributed by atoms with Gasteiger partial charge in [0.05, 0.1) is 58.7 Å². The Bertz CT molecular complexity index is 1180. The third-order valence-electron chi connectivity index (χ3n) is 5.75. The summed E-state index contributed by atoms with van der Waals surface area (Å²) in [5.74, 6) is 0.283. The van der Waals surface area contributed by atoms with Gasteiger partial charge in [0.15, 0.2) is 0 Å². The molecular weight excluding hydrogens is 498 g/mol. The van der Waals surface area contributed by atoms with Crippen molar-refractivity contribution in [3.05, 3.63) is 64.3 Å². The summed E-state index contributed by atoms with van der Waals surface area (Å²) < 4.78 is 23.1. The van der Waals surface area contributed by atoms with Crippen molar-refractivity contribution in [1.29, 1.82) is 0 Å². The molecule has 1 aromatic heterocycles. The fourth-order valence-corrected chi connectivity index (χ4v) is 4.03. The molecule has 1 amide bonds. The highest BCUT2D eigenvalue weighted by atomic mass is 35.5. The van der Waals surface area contributed by atoms with Crippen molar-refractivity contribution in [3.63, 3.8) is 0 Å². The second-order valence-electron chi connectivity index (χ2n) is 8.25. The number of hydrogen-bond donors (Lipinski definition) is 2. The quantitative estimate of drug-likeness (QED) is 0.290. The Balaban J connectivity index is 1.59. The molecule has 0 aliphatic rings. The molecule has 0 radical (unpaired) electrons. The number of fused-ring (bicyclic) bond motifs is 1. The molecule has 2 aromatic carbocycles. The van der Waals surface area contributed by atoms with Gasteiger partial charge in [-0.25, -0.2) is 0 Å². The highest BCUT2D eigenvalue weighted by molar-refractivity contribution is 6.30. The van der Waals surface area contributed by atoms with Crippen LogP contribution in [0.5, 0.6) is 5.75 Å². The average molecular weight is 532 g/mol. The maximum absolute atomic E-state index is 13.4. The van der Waals surface area contributed by atoms with E-state index in [1.54, 1.807) is 42.0 Å². The minimum absolute atomic E-state index is 0.113. The highest BCUT2D eigenvalue weighted by Gasteiger charge is 2.22. The van der Waals surface area contributed by atoms with Gasteiger partial charge in [0, 0.05) is 34.8 Å². The molecule has 0 spiro atoms. The van der Waals surface area contributed by atoms with Crippen molar-refractivity contribution in [2.75, 3.05) is 59.8 Å². The second-order valence-corrected chi connectivity index (χ2v) is 8.68. The summed E-state index contributed by atoms with van der Waals surface area (Å²) in [7, 11) is 1.58. The molecule has 3 N–H and O–H groups in total. The number of rotatable bonds is 15. The Morgan fingerprint density at radius 2 is 1.59 bits per heavy atom. The SMILES string of the molecule is COc1ccc2c(c1)c(CC(=O)NCCOCCOCCOCCN)c(C)n2C(=O)c1ccc(Cl)cc1. The van der Waals surface area contributed by atoms with E-state index in [1.807, 2.05) is 19.1 Å². The number of nitrogens with one attached hydrogen (secondary N) is 1. The zero-order chi connectivity index (χ0) is 26.6. The molecule has 3 aromatic rings. The summed E-state index contributed by atoms with van der Waals surface area (Å²) in [6, 6.07) is 12.2. The summed E-state index contributed by atoms with van der Waals surface area (Å²) in [5, 5.41) is 4.22. The van der Waals surface area contributed by atoms with Gasteiger partial charge in [-0.3, -0.25) is 14.2 Å². The lowest BCUT2D eigenvalue weighted by molar-refractivity contribution is -0.120. The van der Waals surface area contributed by atoms with E-state index in [2.05, 4.69) is 5.32 Å². The number of carbonyl (C=O) groups is 2. The van der Waals surface area contributed by atoms with Crippen LogP contribution in [-0.4, -0.2) is 76.2 Å². The number of benzene rings is 2. The van der Waals surface area contributed by atoms with Crippen molar-refractivity contribution >= 4 is 34.3 Å². The molecule has 0 unspecified atom stereocenters. The molecule has 9 nitrogen and oxygen atoms in total. The Labute approximate surface area is 221 Å². The zero-order valence-corrected chi connectivity index (χ0v) is 22.0. The van der Waals surface area contributed by atoms with E-state index in [-0.39, 0.29) is 18.2 Å². The topological polar surface area (TPSA) is 114 Å². The monoisotopic (exact) mass is 531 g/mol. The largest absolute Gasteiger partial charge is 0.497 e. The van der Waals surface area contributed by atoms with Crippen molar-refractivity contribution in [2.45, 2.75) is 13.3 Å². The maximum Gasteiger partial charge on any atom is 0.262 e. The van der Waals surface area contributed by atoms with Crippen LogP contribution in [0.2, 0.25) is 5.02 Å². The Kier molecular flexibility index (Phi) is 11.4. The minimum Gasteiger partial charge on any atom is -0.497 e. The average Bonchev–Trinajstić information content (AvgIpc) is 3.17. The summed E-state index contributed by atoms with van der Waals surface area (Å²) in [4.78, 5) is 26.1. The lowest BCUT2D eigenvalue weighted by Crippen LogP contribution is -2.29. The molecule has 0 atom stereocenters. The first-order valence-electron chi connectivity index (χ1n) is 12.1. The number of ether oxygens (including phenoxy) is 4. The molecule has 0 aliphatic heterocycles. The van der Waals surface area contributed by atoms with Crippen LogP contribution in [0.3, 0.4) is 0 Å². The Morgan fingerprint density at radius 1 is 0.946 bits per heavy atom. The smallest absolute Gasteiger partial charge is 0.262 e. The standard InChI is InChI=1S/C27H34ClN3O6/c1-19-23(18-26(32)30-10-12-36-14-16-37-15-13-35-11-9-29)24-17-22(34-2)7-8-25(24)31(19)27(33)20-3-5-21(28)6-4-20/h3-8,17H,9-16,18,29H2,1-2H3,(H,30,32). The fourth-order valence-electron chi connectivity index (χ4n) is 3.91. The Hall–Kier alpha value is -2.95. The van der Waals surface area contributed by atoms with Crippen LogP contribution in [-0.2, 0) is 25.4 Å². The van der Waals surface area contributed by atoms with E-state index in [1.165, 1.54) is 0 Å². The van der Waals surface area contributed by atoms with Gasteiger partial charge in [0.1, 0.15) is 5.75 Å². The van der Waals surface area contributed by atoms with E-state index in [0.29, 0.717) is 80.3 Å². The fraction of sp³-hybridized carbons (Fsp3) is 0.407. The van der Waals surface area contributed by atoms with E-state index in [0.717, 1.165) is 10.9 Å². The molecular formula is C27H34ClN3O6. The first kappa shape index (κ1) is 28.6. The van der Waals surface area contributed by atoms with Gasteiger partial charge in [-0.1, -0.05) is 11.6 Å². The molecule has 37 heavy (non-hydrogen) atoms. The van der Waals surface area contributed by atoms with Crippen molar-refractivity contribution < 1.29 is 28.5 Å². The van der Waals surface area contributed by atoms with E-state index in [9.17, 15) is 9.59 Å². The third kappa shape index (κ3) is 8.02. The molecule has 3 rings (SSSR count). The van der Waals surface area contributed by atoms with E-state index < -0.39 is 0 Å². The lowest BCUT2D eigenvalue weighted by Gasteiger charge is -2.09. The van der Waals surface area contributed by atoms with E-state index in [4.69, 9.17) is 36.3 Å². The molecule has 200 valence electrons. The van der Waals surface area contributed by atoms with Crippen LogP contribution in [0.25, 0.3) is 10.9 Å². The Morgan fingerprint density at radius 3 is 2.24 bits per heavy atom. The van der Waals surface area contributed by atoms with Crippen molar-refractivity contribution in [3.8, 4) is 5.75 Å². The third-order valence-corrected chi connectivity index (χ3v) is 6.00. The van der Waals surface area contributed by atoms with Gasteiger partial charge in [-0.05, 0) is 55.0 Å². The van der Waals surface area contributed by atoms with Gasteiger partial charge in [-0.2, -0.15) is 0 Å². The van der Waals surface area contributed by atoms with Gasteiger partial charge in [-0.15, -0.1) is 0 Å². The molecule has 10 heteroatoms. The minimum atomic E-state index is -0.197. The number of methoxy groups -OCH3 is 1. The molecule has 0 saturated carbocycles. The van der Waals surface area contributed by atoms with Crippen LogP contribution < -0.4 is 15.8 Å². The maximum atomic E-state index is 13.4. The van der Waals surface area contributed by atoms with Crippen molar-refractivity contribution in [1.82, 2.24) is 9.88 Å². The van der Waals surface area contributed by atoms with Crippen LogP contribution in [0.1, 0.15) is 21.6 Å².